The van der Waals surface area contributed by atoms with Crippen LogP contribution in [0.1, 0.15) is 33.1 Å². The quantitative estimate of drug-likeness (QED) is 0.436. The number of hydrogen-bond donors (Lipinski definition) is 1. The molecule has 170 valence electrons. The molecule has 0 atom stereocenters. The van der Waals surface area contributed by atoms with Gasteiger partial charge in [0, 0.05) is 6.20 Å². The summed E-state index contributed by atoms with van der Waals surface area (Å²) in [7, 11) is -4.06. The van der Waals surface area contributed by atoms with Gasteiger partial charge in [-0.2, -0.15) is 0 Å². The maximum absolute atomic E-state index is 12.8. The van der Waals surface area contributed by atoms with Gasteiger partial charge < -0.3 is 4.57 Å². The number of nitrogens with one attached hydrogen (secondary N) is 1. The number of carbonyl (C=O) groups is 1. The van der Waals surface area contributed by atoms with Crippen LogP contribution in [-0.2, 0) is 16.6 Å². The summed E-state index contributed by atoms with van der Waals surface area (Å²) in [5.74, 6) is -0.202. The minimum Gasteiger partial charge on any atom is -0.307 e. The smallest absolute Gasteiger partial charge is 0.283 e. The number of amides is 1. The maximum atomic E-state index is 12.8. The molecule has 33 heavy (non-hydrogen) atoms. The van der Waals surface area contributed by atoms with Gasteiger partial charge in [0.15, 0.2) is 5.65 Å². The monoisotopic (exact) mass is 503 g/mol. The topological polar surface area (TPSA) is 107 Å². The molecule has 0 aliphatic heterocycles. The number of pyridine rings is 2. The lowest BCUT2D eigenvalue weighted by Crippen LogP contribution is -2.31. The predicted octanol–water partition coefficient (Wildman–Crippen LogP) is 4.23. The van der Waals surface area contributed by atoms with E-state index in [2.05, 4.69) is 19.7 Å². The molecule has 0 unspecified atom stereocenters. The van der Waals surface area contributed by atoms with Crippen molar-refractivity contribution >= 4 is 50.3 Å². The Hall–Kier alpha value is -3.01. The summed E-state index contributed by atoms with van der Waals surface area (Å²) in [5.41, 5.74) is 3.09. The number of halogens is 2. The summed E-state index contributed by atoms with van der Waals surface area (Å²) in [4.78, 5) is 26.1. The number of hydrogen-bond acceptors (Lipinski definition) is 6. The van der Waals surface area contributed by atoms with Crippen LogP contribution < -0.4 is 4.72 Å². The molecule has 1 N–H and O–H groups in total. The van der Waals surface area contributed by atoms with Crippen LogP contribution in [0, 0.1) is 20.8 Å². The molecule has 0 aliphatic carbocycles. The number of rotatable bonds is 5. The summed E-state index contributed by atoms with van der Waals surface area (Å²) in [6, 6.07) is 9.29. The fourth-order valence-electron chi connectivity index (χ4n) is 3.32. The van der Waals surface area contributed by atoms with Gasteiger partial charge in [0.2, 0.25) is 0 Å². The van der Waals surface area contributed by atoms with Crippen molar-refractivity contribution in [1.29, 1.82) is 0 Å². The first-order chi connectivity index (χ1) is 15.5. The van der Waals surface area contributed by atoms with Gasteiger partial charge in [-0.1, -0.05) is 40.9 Å². The Morgan fingerprint density at radius 3 is 2.42 bits per heavy atom. The van der Waals surface area contributed by atoms with E-state index >= 15 is 0 Å². The van der Waals surface area contributed by atoms with Gasteiger partial charge in [-0.25, -0.2) is 23.1 Å². The van der Waals surface area contributed by atoms with Crippen LogP contribution >= 0.6 is 23.2 Å². The third-order valence-electron chi connectivity index (χ3n) is 5.07. The second-order valence-electron chi connectivity index (χ2n) is 7.57. The maximum Gasteiger partial charge on any atom is 0.283 e. The number of aryl methyl sites for hydroxylation is 3. The Balaban J connectivity index is 1.71. The van der Waals surface area contributed by atoms with Crippen LogP contribution in [-0.4, -0.2) is 33.8 Å². The fourth-order valence-corrected chi connectivity index (χ4v) is 4.72. The van der Waals surface area contributed by atoms with E-state index in [0.29, 0.717) is 38.3 Å². The summed E-state index contributed by atoms with van der Waals surface area (Å²) in [6.45, 7) is 5.67. The molecule has 0 fully saturated rings. The zero-order valence-corrected chi connectivity index (χ0v) is 20.3. The summed E-state index contributed by atoms with van der Waals surface area (Å²) in [6.07, 6.45) is 1.49. The van der Waals surface area contributed by atoms with Crippen LogP contribution in [0.3, 0.4) is 0 Å². The molecule has 8 nitrogen and oxygen atoms in total. The van der Waals surface area contributed by atoms with E-state index in [1.54, 1.807) is 36.6 Å². The van der Waals surface area contributed by atoms with Gasteiger partial charge in [0.25, 0.3) is 15.9 Å². The average Bonchev–Trinajstić information content (AvgIpc) is 3.06. The molecule has 3 aromatic heterocycles. The van der Waals surface area contributed by atoms with Gasteiger partial charge in [-0.05, 0) is 50.6 Å². The molecule has 0 bridgehead atoms. The van der Waals surface area contributed by atoms with Gasteiger partial charge in [-0.3, -0.25) is 9.78 Å². The van der Waals surface area contributed by atoms with Gasteiger partial charge in [-0.15, -0.1) is 0 Å². The molecule has 0 saturated carbocycles. The van der Waals surface area contributed by atoms with Crippen LogP contribution in [0.2, 0.25) is 10.0 Å². The first-order valence-corrected chi connectivity index (χ1v) is 12.1. The van der Waals surface area contributed by atoms with Crippen LogP contribution in [0.5, 0.6) is 0 Å². The van der Waals surface area contributed by atoms with E-state index in [1.165, 1.54) is 24.4 Å². The zero-order chi connectivity index (χ0) is 23.9. The van der Waals surface area contributed by atoms with Crippen molar-refractivity contribution < 1.29 is 13.2 Å². The molecular formula is C22H19Cl2N5O3S. The van der Waals surface area contributed by atoms with Crippen molar-refractivity contribution in [3.05, 3.63) is 81.0 Å². The van der Waals surface area contributed by atoms with Gasteiger partial charge in [0.05, 0.1) is 27.2 Å². The van der Waals surface area contributed by atoms with Crippen molar-refractivity contribution in [2.24, 2.45) is 0 Å². The Morgan fingerprint density at radius 2 is 1.76 bits per heavy atom. The van der Waals surface area contributed by atoms with Crippen molar-refractivity contribution in [3.63, 3.8) is 0 Å². The highest BCUT2D eigenvalue weighted by Crippen LogP contribution is 2.24. The van der Waals surface area contributed by atoms with E-state index in [9.17, 15) is 13.2 Å². The van der Waals surface area contributed by atoms with Crippen molar-refractivity contribution in [3.8, 4) is 0 Å². The first kappa shape index (κ1) is 23.2. The summed E-state index contributed by atoms with van der Waals surface area (Å²) < 4.78 is 29.1. The largest absolute Gasteiger partial charge is 0.307 e. The lowest BCUT2D eigenvalue weighted by Gasteiger charge is -2.10. The van der Waals surface area contributed by atoms with E-state index in [4.69, 9.17) is 23.2 Å². The molecular weight excluding hydrogens is 485 g/mol. The van der Waals surface area contributed by atoms with Crippen LogP contribution in [0.4, 0.5) is 0 Å². The second-order valence-corrected chi connectivity index (χ2v) is 10.1. The Kier molecular flexibility index (Phi) is 6.13. The highest BCUT2D eigenvalue weighted by molar-refractivity contribution is 7.90. The van der Waals surface area contributed by atoms with Crippen molar-refractivity contribution in [2.75, 3.05) is 0 Å². The minimum absolute atomic E-state index is 0.0106. The number of aromatic nitrogens is 4. The number of fused-ring (bicyclic) bond motifs is 1. The SMILES string of the molecule is Cc1ccc(S(=O)(=O)NC(=O)c2cc(C)c3nc(C)n(Cc4ncc(Cl)cc4Cl)c3n2)cc1. The number of sulfonamides is 1. The lowest BCUT2D eigenvalue weighted by molar-refractivity contribution is 0.0976. The number of nitrogens with zero attached hydrogens (tertiary/aromatic N) is 4. The van der Waals surface area contributed by atoms with Crippen molar-refractivity contribution in [2.45, 2.75) is 32.2 Å². The van der Waals surface area contributed by atoms with Gasteiger partial charge >= 0.3 is 0 Å². The van der Waals surface area contributed by atoms with Crippen LogP contribution in [0.25, 0.3) is 11.2 Å². The average molecular weight is 504 g/mol. The second kappa shape index (κ2) is 8.74. The van der Waals surface area contributed by atoms with Crippen molar-refractivity contribution in [1.82, 2.24) is 24.2 Å². The molecule has 0 aliphatic rings. The van der Waals surface area contributed by atoms with Gasteiger partial charge in [0.1, 0.15) is 17.0 Å². The third-order valence-corrected chi connectivity index (χ3v) is 6.95. The number of benzene rings is 1. The Morgan fingerprint density at radius 1 is 1.06 bits per heavy atom. The molecule has 11 heteroatoms. The Bertz CT molecular complexity index is 1500. The van der Waals surface area contributed by atoms with E-state index < -0.39 is 15.9 Å². The lowest BCUT2D eigenvalue weighted by atomic mass is 10.2. The minimum atomic E-state index is -4.06. The number of carbonyl (C=O) groups excluding carboxylic acids is 1. The standard InChI is InChI=1S/C22H19Cl2N5O3S/c1-12-4-6-16(7-5-12)33(31,32)28-22(30)18-8-13(2)20-21(27-18)29(14(3)26-20)11-19-17(24)9-15(23)10-25-19/h4-10H,11H2,1-3H3,(H,28,30). The molecule has 0 saturated heterocycles. The molecule has 1 amide bonds. The highest BCUT2D eigenvalue weighted by atomic mass is 35.5. The molecule has 1 aromatic carbocycles. The highest BCUT2D eigenvalue weighted by Gasteiger charge is 2.22. The van der Waals surface area contributed by atoms with Crippen LogP contribution in [0.15, 0.2) is 47.5 Å². The molecule has 0 radical (unpaired) electrons. The molecule has 0 spiro atoms. The third kappa shape index (κ3) is 4.71. The van der Waals surface area contributed by atoms with E-state index in [1.807, 2.05) is 6.92 Å². The van der Waals surface area contributed by atoms with E-state index in [-0.39, 0.29) is 17.1 Å². The van der Waals surface area contributed by atoms with E-state index in [0.717, 1.165) is 5.56 Å². The fraction of sp³-hybridized carbons (Fsp3) is 0.182. The summed E-state index contributed by atoms with van der Waals surface area (Å²) in [5, 5.41) is 0.803. The number of imidazole rings is 1. The molecule has 4 aromatic rings. The molecule has 4 rings (SSSR count). The predicted molar refractivity (Wildman–Crippen MR) is 126 cm³/mol. The Labute approximate surface area is 200 Å². The first-order valence-electron chi connectivity index (χ1n) is 9.83. The normalized spacial score (nSPS) is 11.7. The molecule has 3 heterocycles. The summed E-state index contributed by atoms with van der Waals surface area (Å²) >= 11 is 12.2. The zero-order valence-electron chi connectivity index (χ0n) is 17.9.